The smallest absolute Gasteiger partial charge is 0.225 e. The van der Waals surface area contributed by atoms with E-state index in [0.29, 0.717) is 40.9 Å². The first-order valence-electron chi connectivity index (χ1n) is 12.0. The molecule has 2 atom stereocenters. The van der Waals surface area contributed by atoms with Crippen molar-refractivity contribution in [1.82, 2.24) is 15.0 Å². The third-order valence-corrected chi connectivity index (χ3v) is 9.61. The minimum absolute atomic E-state index is 0.252. The summed E-state index contributed by atoms with van der Waals surface area (Å²) in [6.07, 6.45) is 4.23. The van der Waals surface area contributed by atoms with E-state index in [1.54, 1.807) is 0 Å². The van der Waals surface area contributed by atoms with Crippen LogP contribution in [0.3, 0.4) is 0 Å². The minimum atomic E-state index is -0.488. The van der Waals surface area contributed by atoms with Gasteiger partial charge in [-0.1, -0.05) is 27.2 Å². The van der Waals surface area contributed by atoms with Crippen LogP contribution >= 0.6 is 20.6 Å². The van der Waals surface area contributed by atoms with Gasteiger partial charge in [-0.15, -0.1) is 20.6 Å². The topological polar surface area (TPSA) is 101 Å². The highest BCUT2D eigenvalue weighted by Gasteiger charge is 2.43. The fourth-order valence-corrected chi connectivity index (χ4v) is 7.01. The Morgan fingerprint density at radius 1 is 1.31 bits per heavy atom. The molecule has 7 nitrogen and oxygen atoms in total. The number of nitrogen functional groups attached to an aromatic ring is 1. The predicted octanol–water partition coefficient (Wildman–Crippen LogP) is 4.90. The van der Waals surface area contributed by atoms with Gasteiger partial charge in [0.15, 0.2) is 5.82 Å². The van der Waals surface area contributed by atoms with Gasteiger partial charge < -0.3 is 15.4 Å². The molecule has 0 bridgehead atoms. The van der Waals surface area contributed by atoms with E-state index in [1.807, 2.05) is 6.20 Å². The molecular formula is C26H26FN6OPS. The lowest BCUT2D eigenvalue weighted by atomic mass is 9.71. The number of thiophene rings is 1. The van der Waals surface area contributed by atoms with E-state index in [2.05, 4.69) is 46.0 Å². The van der Waals surface area contributed by atoms with Crippen molar-refractivity contribution in [3.05, 3.63) is 34.9 Å². The van der Waals surface area contributed by atoms with E-state index >= 15 is 0 Å². The number of halogens is 1. The molecule has 0 radical (unpaired) electrons. The third kappa shape index (κ3) is 3.25. The lowest BCUT2D eigenvalue weighted by Crippen LogP contribution is -2.58. The van der Waals surface area contributed by atoms with Crippen molar-refractivity contribution in [3.63, 3.8) is 0 Å². The van der Waals surface area contributed by atoms with Crippen molar-refractivity contribution in [2.75, 3.05) is 23.7 Å². The minimum Gasteiger partial charge on any atom is -0.389 e. The molecule has 4 aromatic rings. The van der Waals surface area contributed by atoms with Gasteiger partial charge in [-0.2, -0.15) is 5.26 Å². The molecule has 3 aromatic heterocycles. The van der Waals surface area contributed by atoms with E-state index in [9.17, 15) is 9.65 Å². The molecule has 1 saturated heterocycles. The maximum Gasteiger partial charge on any atom is 0.225 e. The fourth-order valence-electron chi connectivity index (χ4n) is 5.55. The zero-order valence-electron chi connectivity index (χ0n) is 20.4. The van der Waals surface area contributed by atoms with Crippen molar-refractivity contribution in [2.24, 2.45) is 11.3 Å². The number of anilines is 2. The highest BCUT2D eigenvalue weighted by atomic mass is 32.1. The Hall–Kier alpha value is -2.92. The molecule has 0 spiro atoms. The molecule has 2 aliphatic heterocycles. The van der Waals surface area contributed by atoms with Crippen molar-refractivity contribution in [2.45, 2.75) is 40.4 Å². The van der Waals surface area contributed by atoms with Gasteiger partial charge in [0.1, 0.15) is 11.1 Å². The summed E-state index contributed by atoms with van der Waals surface area (Å²) in [6.45, 7) is 9.52. The lowest BCUT2D eigenvalue weighted by Gasteiger charge is -2.51. The third-order valence-electron chi connectivity index (χ3n) is 8.02. The first-order chi connectivity index (χ1) is 17.3. The van der Waals surface area contributed by atoms with Crippen molar-refractivity contribution >= 4 is 57.8 Å². The van der Waals surface area contributed by atoms with Crippen LogP contribution in [0.5, 0.6) is 0 Å². The average Bonchev–Trinajstić information content (AvgIpc) is 3.47. The molecule has 0 saturated carbocycles. The summed E-state index contributed by atoms with van der Waals surface area (Å²) in [5.41, 5.74) is 10.7. The van der Waals surface area contributed by atoms with Gasteiger partial charge in [0.05, 0.1) is 40.9 Å². The second-order valence-corrected chi connectivity index (χ2v) is 11.7. The summed E-state index contributed by atoms with van der Waals surface area (Å²) in [4.78, 5) is 16.4. The number of hydrogen-bond donors (Lipinski definition) is 1. The van der Waals surface area contributed by atoms with Crippen molar-refractivity contribution < 1.29 is 9.13 Å². The zero-order valence-corrected chi connectivity index (χ0v) is 22.3. The molecule has 0 aliphatic carbocycles. The van der Waals surface area contributed by atoms with Crippen LogP contribution in [0.25, 0.3) is 32.2 Å². The van der Waals surface area contributed by atoms with Crippen LogP contribution in [0.15, 0.2) is 12.4 Å². The molecular weight excluding hydrogens is 494 g/mol. The molecule has 0 amide bonds. The van der Waals surface area contributed by atoms with Crippen LogP contribution < -0.4 is 15.9 Å². The van der Waals surface area contributed by atoms with E-state index in [-0.39, 0.29) is 16.0 Å². The molecule has 2 aliphatic rings. The Bertz CT molecular complexity index is 1610. The van der Waals surface area contributed by atoms with Crippen LogP contribution in [0.1, 0.15) is 43.9 Å². The van der Waals surface area contributed by atoms with Gasteiger partial charge >= 0.3 is 0 Å². The number of nitriles is 1. The molecule has 1 aromatic carbocycles. The maximum atomic E-state index is 14.7. The van der Waals surface area contributed by atoms with Crippen molar-refractivity contribution in [3.8, 4) is 17.3 Å². The number of fused-ring (bicyclic) bond motifs is 4. The van der Waals surface area contributed by atoms with Crippen LogP contribution in [-0.2, 0) is 18.0 Å². The number of ether oxygens (including phenoxy) is 1. The first kappa shape index (κ1) is 23.5. The second-order valence-electron chi connectivity index (χ2n) is 10.1. The largest absolute Gasteiger partial charge is 0.389 e. The molecule has 2 N–H and O–H groups in total. The monoisotopic (exact) mass is 520 g/mol. The molecule has 1 fully saturated rings. The normalized spacial score (nSPS) is 17.3. The zero-order chi connectivity index (χ0) is 25.4. The van der Waals surface area contributed by atoms with E-state index in [0.717, 1.165) is 63.7 Å². The molecule has 10 heteroatoms. The summed E-state index contributed by atoms with van der Waals surface area (Å²) in [5, 5.41) is 12.3. The van der Waals surface area contributed by atoms with E-state index in [1.165, 1.54) is 6.20 Å². The number of rotatable bonds is 4. The quantitative estimate of drug-likeness (QED) is 0.382. The van der Waals surface area contributed by atoms with Crippen LogP contribution in [0.2, 0.25) is 0 Å². The Labute approximate surface area is 214 Å². The number of aromatic nitrogens is 3. The highest BCUT2D eigenvalue weighted by Crippen LogP contribution is 2.44. The molecule has 184 valence electrons. The summed E-state index contributed by atoms with van der Waals surface area (Å²) in [6, 6.07) is 2.15. The van der Waals surface area contributed by atoms with Crippen LogP contribution in [-0.4, -0.2) is 28.0 Å². The molecule has 5 heterocycles. The van der Waals surface area contributed by atoms with E-state index < -0.39 is 5.82 Å². The second kappa shape index (κ2) is 8.31. The van der Waals surface area contributed by atoms with Gasteiger partial charge in [-0.05, 0) is 17.0 Å². The lowest BCUT2D eigenvalue weighted by molar-refractivity contribution is 0.135. The van der Waals surface area contributed by atoms with Gasteiger partial charge in [0.2, 0.25) is 5.95 Å². The van der Waals surface area contributed by atoms with Crippen LogP contribution in [0.4, 0.5) is 15.3 Å². The Morgan fingerprint density at radius 3 is 2.78 bits per heavy atom. The summed E-state index contributed by atoms with van der Waals surface area (Å²) in [7, 11) is 2.80. The Morgan fingerprint density at radius 2 is 2.06 bits per heavy atom. The molecule has 36 heavy (non-hydrogen) atoms. The van der Waals surface area contributed by atoms with Crippen LogP contribution in [0, 0.1) is 28.5 Å². The highest BCUT2D eigenvalue weighted by molar-refractivity contribution is 7.29. The van der Waals surface area contributed by atoms with Crippen molar-refractivity contribution in [1.29, 1.82) is 5.26 Å². The van der Waals surface area contributed by atoms with Gasteiger partial charge in [0, 0.05) is 46.3 Å². The van der Waals surface area contributed by atoms with Gasteiger partial charge in [-0.3, -0.25) is 4.98 Å². The predicted molar refractivity (Wildman–Crippen MR) is 145 cm³/mol. The molecule has 6 rings (SSSR count). The fraction of sp³-hybridized carbons (Fsp3) is 0.385. The standard InChI is InChI=1S/C26H26FN6OPS/c1-4-12(2)26(3)10-33(11-26)25-31-6-14-15-8-34-9-16(15)18(22(35)20(14)32-25)21-19-13(5-28)24(29)36-23(19)17(27)7-30-21/h6-7,12H,4,8-11,29,35H2,1-3H3. The molecule has 2 unspecified atom stereocenters. The SMILES string of the molecule is CCC(C)C1(C)CN(c2ncc3c4c(c(-c5ncc(F)c6sc(N)c(C#N)c56)c(P)c3n2)COC4)C1. The Balaban J connectivity index is 1.56. The number of benzene rings is 1. The first-order valence-corrected chi connectivity index (χ1v) is 13.4. The number of nitrogens with two attached hydrogens (primary N) is 1. The van der Waals surface area contributed by atoms with Gasteiger partial charge in [-0.25, -0.2) is 14.4 Å². The summed E-state index contributed by atoms with van der Waals surface area (Å²) >= 11 is 1.07. The maximum absolute atomic E-state index is 14.7. The Kier molecular flexibility index (Phi) is 5.42. The van der Waals surface area contributed by atoms with E-state index in [4.69, 9.17) is 20.4 Å². The summed E-state index contributed by atoms with van der Waals surface area (Å²) < 4.78 is 20.9. The van der Waals surface area contributed by atoms with Gasteiger partial charge in [0.25, 0.3) is 0 Å². The number of hydrogen-bond acceptors (Lipinski definition) is 8. The average molecular weight is 521 g/mol. The number of nitrogens with zero attached hydrogens (tertiary/aromatic N) is 5. The number of pyridine rings is 1. The summed E-state index contributed by atoms with van der Waals surface area (Å²) in [5.74, 6) is 0.835.